The molecule has 0 aliphatic heterocycles. The van der Waals surface area contributed by atoms with E-state index in [4.69, 9.17) is 4.52 Å². The lowest BCUT2D eigenvalue weighted by Crippen LogP contribution is -2.05. The van der Waals surface area contributed by atoms with Crippen molar-refractivity contribution >= 4 is 29.3 Å². The van der Waals surface area contributed by atoms with Crippen LogP contribution in [0.25, 0.3) is 11.4 Å². The van der Waals surface area contributed by atoms with Gasteiger partial charge in [-0.3, -0.25) is 0 Å². The molecule has 0 aliphatic carbocycles. The van der Waals surface area contributed by atoms with Gasteiger partial charge in [-0.25, -0.2) is 14.4 Å². The number of nitrogens with zero attached hydrogens (tertiary/aromatic N) is 4. The van der Waals surface area contributed by atoms with Crippen molar-refractivity contribution in [2.45, 2.75) is 22.2 Å². The Kier molecular flexibility index (Phi) is 6.60. The summed E-state index contributed by atoms with van der Waals surface area (Å²) in [6, 6.07) is 14.6. The Labute approximate surface area is 181 Å². The van der Waals surface area contributed by atoms with E-state index in [0.29, 0.717) is 40.4 Å². The quantitative estimate of drug-likeness (QED) is 0.371. The van der Waals surface area contributed by atoms with Crippen molar-refractivity contribution in [1.29, 1.82) is 0 Å². The molecule has 152 valence electrons. The smallest absolute Gasteiger partial charge is 0.237 e. The van der Waals surface area contributed by atoms with Crippen molar-refractivity contribution in [1.82, 2.24) is 20.1 Å². The summed E-state index contributed by atoms with van der Waals surface area (Å²) >= 11 is 3.11. The lowest BCUT2D eigenvalue weighted by molar-refractivity contribution is 0.391. The van der Waals surface area contributed by atoms with Crippen LogP contribution in [0, 0.1) is 5.82 Å². The number of thioether (sulfide) groups is 2. The number of rotatable bonds is 8. The minimum absolute atomic E-state index is 0.257. The van der Waals surface area contributed by atoms with E-state index in [2.05, 4.69) is 25.4 Å². The maximum atomic E-state index is 13.8. The molecule has 0 unspecified atom stereocenters. The zero-order valence-electron chi connectivity index (χ0n) is 16.1. The average Bonchev–Trinajstić information content (AvgIpc) is 3.27. The van der Waals surface area contributed by atoms with Gasteiger partial charge < -0.3 is 9.84 Å². The van der Waals surface area contributed by atoms with Gasteiger partial charge in [0.15, 0.2) is 5.82 Å². The first-order valence-corrected chi connectivity index (χ1v) is 11.3. The summed E-state index contributed by atoms with van der Waals surface area (Å²) in [5.41, 5.74) is 1.47. The summed E-state index contributed by atoms with van der Waals surface area (Å²) in [5.74, 6) is 1.82. The van der Waals surface area contributed by atoms with Gasteiger partial charge in [-0.05, 0) is 36.6 Å². The molecule has 0 radical (unpaired) electrons. The van der Waals surface area contributed by atoms with Crippen molar-refractivity contribution in [3.63, 3.8) is 0 Å². The zero-order valence-corrected chi connectivity index (χ0v) is 17.7. The third kappa shape index (κ3) is 4.98. The Balaban J connectivity index is 1.40. The van der Waals surface area contributed by atoms with Gasteiger partial charge >= 0.3 is 0 Å². The Morgan fingerprint density at radius 1 is 1.03 bits per heavy atom. The van der Waals surface area contributed by atoms with Crippen molar-refractivity contribution in [3.05, 3.63) is 78.2 Å². The van der Waals surface area contributed by atoms with Crippen LogP contribution in [-0.4, -0.2) is 26.4 Å². The second kappa shape index (κ2) is 9.73. The van der Waals surface area contributed by atoms with Gasteiger partial charge in [0.05, 0.1) is 5.75 Å². The van der Waals surface area contributed by atoms with E-state index in [1.807, 2.05) is 30.5 Å². The Morgan fingerprint density at radius 2 is 1.83 bits per heavy atom. The zero-order chi connectivity index (χ0) is 20.8. The lowest BCUT2D eigenvalue weighted by atomic mass is 10.2. The van der Waals surface area contributed by atoms with Crippen molar-refractivity contribution < 1.29 is 8.91 Å². The van der Waals surface area contributed by atoms with Gasteiger partial charge in [-0.1, -0.05) is 35.1 Å². The number of anilines is 1. The van der Waals surface area contributed by atoms with E-state index < -0.39 is 0 Å². The molecule has 0 spiro atoms. The molecule has 0 atom stereocenters. The van der Waals surface area contributed by atoms with Crippen LogP contribution in [-0.2, 0) is 12.3 Å². The van der Waals surface area contributed by atoms with Crippen LogP contribution in [0.2, 0.25) is 0 Å². The van der Waals surface area contributed by atoms with Gasteiger partial charge in [-0.15, -0.1) is 11.8 Å². The molecule has 6 nitrogen and oxygen atoms in total. The number of halogens is 1. The molecule has 9 heteroatoms. The van der Waals surface area contributed by atoms with Crippen LogP contribution in [0.5, 0.6) is 0 Å². The molecular formula is C21H18FN5OS2. The molecule has 2 heterocycles. The van der Waals surface area contributed by atoms with Gasteiger partial charge in [-0.2, -0.15) is 4.98 Å². The fraction of sp³-hybridized carbons (Fsp3) is 0.143. The summed E-state index contributed by atoms with van der Waals surface area (Å²) in [6.07, 6.45) is 5.24. The topological polar surface area (TPSA) is 76.7 Å². The van der Waals surface area contributed by atoms with E-state index in [9.17, 15) is 4.39 Å². The van der Waals surface area contributed by atoms with Gasteiger partial charge in [0.2, 0.25) is 11.7 Å². The molecule has 0 bridgehead atoms. The first-order valence-electron chi connectivity index (χ1n) is 9.11. The summed E-state index contributed by atoms with van der Waals surface area (Å²) in [4.78, 5) is 14.3. The first-order chi connectivity index (χ1) is 14.7. The molecule has 0 aliphatic rings. The van der Waals surface area contributed by atoms with Gasteiger partial charge in [0.1, 0.15) is 10.8 Å². The highest BCUT2D eigenvalue weighted by Crippen LogP contribution is 2.27. The van der Waals surface area contributed by atoms with Crippen molar-refractivity contribution in [3.8, 4) is 11.4 Å². The summed E-state index contributed by atoms with van der Waals surface area (Å²) in [7, 11) is 0. The van der Waals surface area contributed by atoms with E-state index in [-0.39, 0.29) is 5.82 Å². The fourth-order valence-electron chi connectivity index (χ4n) is 2.67. The molecular weight excluding hydrogens is 421 g/mol. The molecule has 2 aromatic carbocycles. The van der Waals surface area contributed by atoms with Gasteiger partial charge in [0.25, 0.3) is 0 Å². The second-order valence-electron chi connectivity index (χ2n) is 6.18. The average molecular weight is 440 g/mol. The SMILES string of the molecule is CSc1ccc(-c2noc(CSc3nccnc3NCc3ccccc3F)n2)cc1. The maximum absolute atomic E-state index is 13.8. The minimum Gasteiger partial charge on any atom is -0.364 e. The molecule has 0 saturated heterocycles. The van der Waals surface area contributed by atoms with Crippen LogP contribution in [0.15, 0.2) is 75.4 Å². The highest BCUT2D eigenvalue weighted by atomic mass is 32.2. The predicted octanol–water partition coefficient (Wildman–Crippen LogP) is 5.29. The van der Waals surface area contributed by atoms with E-state index in [1.165, 1.54) is 22.7 Å². The van der Waals surface area contributed by atoms with Crippen LogP contribution in [0.4, 0.5) is 10.2 Å². The summed E-state index contributed by atoms with van der Waals surface area (Å²) < 4.78 is 19.2. The standard InChI is InChI=1S/C21H18FN5OS2/c1-29-16-8-6-14(7-9-16)19-26-18(28-27-19)13-30-21-20(23-10-11-24-21)25-12-15-4-2-3-5-17(15)22/h2-11H,12-13H2,1H3,(H,23,25). The van der Waals surface area contributed by atoms with Crippen molar-refractivity contribution in [2.24, 2.45) is 0 Å². The summed E-state index contributed by atoms with van der Waals surface area (Å²) in [5, 5.41) is 7.89. The third-order valence-electron chi connectivity index (χ3n) is 4.22. The second-order valence-corrected chi connectivity index (χ2v) is 8.03. The molecule has 4 aromatic rings. The van der Waals surface area contributed by atoms with Crippen molar-refractivity contribution in [2.75, 3.05) is 11.6 Å². The molecule has 30 heavy (non-hydrogen) atoms. The third-order valence-corrected chi connectivity index (χ3v) is 5.92. The molecule has 0 fully saturated rings. The highest BCUT2D eigenvalue weighted by molar-refractivity contribution is 7.98. The predicted molar refractivity (Wildman–Crippen MR) is 117 cm³/mol. The molecule has 0 amide bonds. The van der Waals surface area contributed by atoms with Gasteiger partial charge in [0, 0.05) is 35.0 Å². The Hall–Kier alpha value is -2.91. The van der Waals surface area contributed by atoms with Crippen LogP contribution < -0.4 is 5.32 Å². The Bertz CT molecular complexity index is 1120. The Morgan fingerprint density at radius 3 is 2.63 bits per heavy atom. The number of hydrogen-bond donors (Lipinski definition) is 1. The van der Waals surface area contributed by atoms with Crippen LogP contribution in [0.3, 0.4) is 0 Å². The molecule has 2 aromatic heterocycles. The summed E-state index contributed by atoms with van der Waals surface area (Å²) in [6.45, 7) is 0.315. The number of benzene rings is 2. The number of hydrogen-bond acceptors (Lipinski definition) is 8. The number of nitrogens with one attached hydrogen (secondary N) is 1. The van der Waals surface area contributed by atoms with E-state index in [0.717, 1.165) is 5.56 Å². The molecule has 4 rings (SSSR count). The maximum Gasteiger partial charge on any atom is 0.237 e. The van der Waals surface area contributed by atoms with Crippen LogP contribution in [0.1, 0.15) is 11.5 Å². The first kappa shape index (κ1) is 20.4. The van der Waals surface area contributed by atoms with Crippen LogP contribution >= 0.6 is 23.5 Å². The fourth-order valence-corrected chi connectivity index (χ4v) is 3.86. The highest BCUT2D eigenvalue weighted by Gasteiger charge is 2.12. The number of aromatic nitrogens is 4. The monoisotopic (exact) mass is 439 g/mol. The minimum atomic E-state index is -0.257. The van der Waals surface area contributed by atoms with E-state index in [1.54, 1.807) is 42.4 Å². The normalized spacial score (nSPS) is 10.9. The molecule has 0 saturated carbocycles. The van der Waals surface area contributed by atoms with E-state index >= 15 is 0 Å². The molecule has 1 N–H and O–H groups in total. The largest absolute Gasteiger partial charge is 0.364 e. The lowest BCUT2D eigenvalue weighted by Gasteiger charge is -2.09.